The van der Waals surface area contributed by atoms with Crippen molar-refractivity contribution in [3.05, 3.63) is 0 Å². The number of hydrogen-bond donors (Lipinski definition) is 1. The van der Waals surface area contributed by atoms with Crippen LogP contribution in [-0.4, -0.2) is 48.3 Å². The zero-order valence-corrected chi connectivity index (χ0v) is 10.0. The molecule has 0 aliphatic rings. The number of ether oxygens (including phenoxy) is 1. The molecule has 4 nitrogen and oxygen atoms in total. The molecule has 0 aromatic heterocycles. The fraction of sp³-hybridized carbons (Fsp3) is 0.909. The normalized spacial score (nSPS) is 12.9. The zero-order valence-electron chi connectivity index (χ0n) is 10.0. The minimum atomic E-state index is -0.313. The van der Waals surface area contributed by atoms with Crippen LogP contribution < -0.4 is 0 Å². The summed E-state index contributed by atoms with van der Waals surface area (Å²) >= 11 is 0. The van der Waals surface area contributed by atoms with Gasteiger partial charge in [-0.25, -0.2) is 0 Å². The lowest BCUT2D eigenvalue weighted by Crippen LogP contribution is -2.33. The van der Waals surface area contributed by atoms with Gasteiger partial charge in [-0.15, -0.1) is 0 Å². The molecule has 0 saturated carbocycles. The number of rotatable bonds is 8. The molecule has 0 heterocycles. The second-order valence-electron chi connectivity index (χ2n) is 3.72. The van der Waals surface area contributed by atoms with E-state index >= 15 is 0 Å². The summed E-state index contributed by atoms with van der Waals surface area (Å²) in [5.41, 5.74) is 0. The number of aliphatic hydroxyl groups is 1. The number of aliphatic hydroxyl groups excluding tert-OH is 1. The Labute approximate surface area is 92.2 Å². The molecule has 1 atom stereocenters. The lowest BCUT2D eigenvalue weighted by molar-refractivity contribution is -0.144. The minimum Gasteiger partial charge on any atom is -0.465 e. The number of nitrogens with zero attached hydrogens (tertiary/aromatic N) is 1. The van der Waals surface area contributed by atoms with E-state index in [-0.39, 0.29) is 12.1 Å². The SMILES string of the molecule is CCCN(CCC(C)O)CC(=O)OCC. The monoisotopic (exact) mass is 217 g/mol. The van der Waals surface area contributed by atoms with Gasteiger partial charge in [0.25, 0.3) is 0 Å². The predicted molar refractivity (Wildman–Crippen MR) is 59.7 cm³/mol. The van der Waals surface area contributed by atoms with Crippen molar-refractivity contribution < 1.29 is 14.6 Å². The smallest absolute Gasteiger partial charge is 0.320 e. The Kier molecular flexibility index (Phi) is 8.33. The Morgan fingerprint density at radius 1 is 1.40 bits per heavy atom. The Hall–Kier alpha value is -0.610. The van der Waals surface area contributed by atoms with Crippen molar-refractivity contribution in [3.63, 3.8) is 0 Å². The van der Waals surface area contributed by atoms with E-state index in [1.54, 1.807) is 13.8 Å². The number of hydrogen-bond acceptors (Lipinski definition) is 4. The van der Waals surface area contributed by atoms with E-state index in [0.29, 0.717) is 19.6 Å². The number of carbonyl (C=O) groups excluding carboxylic acids is 1. The maximum atomic E-state index is 11.2. The van der Waals surface area contributed by atoms with Gasteiger partial charge in [0.1, 0.15) is 0 Å². The van der Waals surface area contributed by atoms with E-state index in [1.165, 1.54) is 0 Å². The highest BCUT2D eigenvalue weighted by Gasteiger charge is 2.11. The van der Waals surface area contributed by atoms with Gasteiger partial charge in [0.2, 0.25) is 0 Å². The zero-order chi connectivity index (χ0) is 11.7. The molecule has 0 aliphatic carbocycles. The van der Waals surface area contributed by atoms with Gasteiger partial charge >= 0.3 is 5.97 Å². The summed E-state index contributed by atoms with van der Waals surface area (Å²) in [5.74, 6) is -0.184. The van der Waals surface area contributed by atoms with Crippen molar-refractivity contribution in [1.82, 2.24) is 4.90 Å². The molecule has 1 unspecified atom stereocenters. The van der Waals surface area contributed by atoms with Crippen LogP contribution >= 0.6 is 0 Å². The fourth-order valence-corrected chi connectivity index (χ4v) is 1.34. The lowest BCUT2D eigenvalue weighted by atomic mass is 10.2. The van der Waals surface area contributed by atoms with Crippen LogP contribution in [0.25, 0.3) is 0 Å². The lowest BCUT2D eigenvalue weighted by Gasteiger charge is -2.21. The van der Waals surface area contributed by atoms with Crippen LogP contribution in [0.4, 0.5) is 0 Å². The summed E-state index contributed by atoms with van der Waals surface area (Å²) < 4.78 is 4.88. The molecule has 90 valence electrons. The highest BCUT2D eigenvalue weighted by molar-refractivity contribution is 5.71. The van der Waals surface area contributed by atoms with Gasteiger partial charge in [-0.05, 0) is 33.2 Å². The molecule has 0 radical (unpaired) electrons. The molecule has 1 N–H and O–H groups in total. The molecule has 0 aliphatic heterocycles. The molecule has 4 heteroatoms. The first-order valence-electron chi connectivity index (χ1n) is 5.66. The third-order valence-corrected chi connectivity index (χ3v) is 2.06. The van der Waals surface area contributed by atoms with E-state index in [1.807, 2.05) is 4.90 Å². The molecule has 0 rings (SSSR count). The van der Waals surface area contributed by atoms with Gasteiger partial charge in [-0.3, -0.25) is 9.69 Å². The van der Waals surface area contributed by atoms with E-state index < -0.39 is 0 Å². The summed E-state index contributed by atoms with van der Waals surface area (Å²) in [6.45, 7) is 7.99. The second-order valence-corrected chi connectivity index (χ2v) is 3.72. The second kappa shape index (κ2) is 8.68. The van der Waals surface area contributed by atoms with Gasteiger partial charge in [0, 0.05) is 6.54 Å². The van der Waals surface area contributed by atoms with E-state index in [9.17, 15) is 4.79 Å². The summed E-state index contributed by atoms with van der Waals surface area (Å²) in [7, 11) is 0. The first-order chi connectivity index (χ1) is 7.10. The average molecular weight is 217 g/mol. The van der Waals surface area contributed by atoms with Crippen LogP contribution in [0, 0.1) is 0 Å². The minimum absolute atomic E-state index is 0.184. The van der Waals surface area contributed by atoms with Gasteiger partial charge in [-0.1, -0.05) is 6.92 Å². The highest BCUT2D eigenvalue weighted by atomic mass is 16.5. The molecule has 0 aromatic carbocycles. The van der Waals surface area contributed by atoms with E-state index in [2.05, 4.69) is 6.92 Å². The maximum absolute atomic E-state index is 11.2. The van der Waals surface area contributed by atoms with Crippen LogP contribution in [0.3, 0.4) is 0 Å². The molecule has 15 heavy (non-hydrogen) atoms. The van der Waals surface area contributed by atoms with Crippen LogP contribution in [0.2, 0.25) is 0 Å². The largest absolute Gasteiger partial charge is 0.465 e. The van der Waals surface area contributed by atoms with Crippen molar-refractivity contribution in [1.29, 1.82) is 0 Å². The van der Waals surface area contributed by atoms with Crippen molar-refractivity contribution in [2.24, 2.45) is 0 Å². The maximum Gasteiger partial charge on any atom is 0.320 e. The first-order valence-corrected chi connectivity index (χ1v) is 5.66. The molecular formula is C11H23NO3. The molecule has 0 amide bonds. The Morgan fingerprint density at radius 3 is 2.53 bits per heavy atom. The van der Waals surface area contributed by atoms with Crippen molar-refractivity contribution in [2.75, 3.05) is 26.2 Å². The van der Waals surface area contributed by atoms with Gasteiger partial charge < -0.3 is 9.84 Å². The predicted octanol–water partition coefficient (Wildman–Crippen LogP) is 1.03. The van der Waals surface area contributed by atoms with Crippen molar-refractivity contribution >= 4 is 5.97 Å². The highest BCUT2D eigenvalue weighted by Crippen LogP contribution is 1.98. The van der Waals surface area contributed by atoms with Crippen LogP contribution in [0.5, 0.6) is 0 Å². The molecule has 0 spiro atoms. The van der Waals surface area contributed by atoms with Gasteiger partial charge in [0.15, 0.2) is 0 Å². The molecule has 0 bridgehead atoms. The molecular weight excluding hydrogens is 194 g/mol. The topological polar surface area (TPSA) is 49.8 Å². The summed E-state index contributed by atoms with van der Waals surface area (Å²) in [6, 6.07) is 0. The van der Waals surface area contributed by atoms with Gasteiger partial charge in [0.05, 0.1) is 19.3 Å². The molecule has 0 aromatic rings. The van der Waals surface area contributed by atoms with E-state index in [0.717, 1.165) is 19.5 Å². The first kappa shape index (κ1) is 14.4. The van der Waals surface area contributed by atoms with Crippen LogP contribution in [0.15, 0.2) is 0 Å². The number of carbonyl (C=O) groups is 1. The average Bonchev–Trinajstić information content (AvgIpc) is 2.15. The van der Waals surface area contributed by atoms with Crippen molar-refractivity contribution in [3.8, 4) is 0 Å². The summed E-state index contributed by atoms with van der Waals surface area (Å²) in [4.78, 5) is 13.3. The third kappa shape index (κ3) is 8.39. The fourth-order valence-electron chi connectivity index (χ4n) is 1.34. The third-order valence-electron chi connectivity index (χ3n) is 2.06. The Morgan fingerprint density at radius 2 is 2.07 bits per heavy atom. The molecule has 0 saturated heterocycles. The molecule has 0 fully saturated rings. The Balaban J connectivity index is 3.86. The summed E-state index contributed by atoms with van der Waals surface area (Å²) in [6.07, 6.45) is 1.38. The quantitative estimate of drug-likeness (QED) is 0.617. The van der Waals surface area contributed by atoms with Crippen LogP contribution in [0.1, 0.15) is 33.6 Å². The van der Waals surface area contributed by atoms with Crippen LogP contribution in [-0.2, 0) is 9.53 Å². The Bertz CT molecular complexity index is 171. The number of esters is 1. The summed E-state index contributed by atoms with van der Waals surface area (Å²) in [5, 5.41) is 9.16. The van der Waals surface area contributed by atoms with Crippen molar-refractivity contribution in [2.45, 2.75) is 39.7 Å². The van der Waals surface area contributed by atoms with Gasteiger partial charge in [-0.2, -0.15) is 0 Å². The van der Waals surface area contributed by atoms with E-state index in [4.69, 9.17) is 9.84 Å². The standard InChI is InChI=1S/C11H23NO3/c1-4-7-12(8-6-10(3)13)9-11(14)15-5-2/h10,13H,4-9H2,1-3H3.